The summed E-state index contributed by atoms with van der Waals surface area (Å²) in [6.45, 7) is 4.56. The summed E-state index contributed by atoms with van der Waals surface area (Å²) < 4.78 is 33.0. The molecule has 3 rings (SSSR count). The molecule has 0 bridgehead atoms. The van der Waals surface area contributed by atoms with Crippen molar-refractivity contribution < 1.29 is 18.1 Å². The molecule has 0 atom stereocenters. The summed E-state index contributed by atoms with van der Waals surface area (Å²) in [6.07, 6.45) is 0. The van der Waals surface area contributed by atoms with E-state index in [1.54, 1.807) is 19.1 Å². The van der Waals surface area contributed by atoms with E-state index in [-0.39, 0.29) is 10.6 Å². The molecule has 0 aliphatic carbocycles. The van der Waals surface area contributed by atoms with Crippen molar-refractivity contribution >= 4 is 27.3 Å². The first-order valence-corrected chi connectivity index (χ1v) is 11.0. The minimum Gasteiger partial charge on any atom is -0.491 e. The number of nitro benzene ring substituents is 1. The van der Waals surface area contributed by atoms with Gasteiger partial charge in [0, 0.05) is 44.9 Å². The monoisotopic (exact) mass is 439 g/mol. The van der Waals surface area contributed by atoms with E-state index in [4.69, 9.17) is 16.3 Å². The Balaban J connectivity index is 1.56. The van der Waals surface area contributed by atoms with Crippen LogP contribution in [0, 0.1) is 17.0 Å². The molecule has 0 amide bonds. The van der Waals surface area contributed by atoms with Gasteiger partial charge in [0.25, 0.3) is 5.69 Å². The lowest BCUT2D eigenvalue weighted by Crippen LogP contribution is -2.49. The summed E-state index contributed by atoms with van der Waals surface area (Å²) in [7, 11) is -3.69. The maximum atomic E-state index is 12.9. The summed E-state index contributed by atoms with van der Waals surface area (Å²) in [5.41, 5.74) is 0.250. The molecule has 0 N–H and O–H groups in total. The highest BCUT2D eigenvalue weighted by Gasteiger charge is 2.30. The normalized spacial score (nSPS) is 15.9. The molecule has 0 spiro atoms. The third-order valence-electron chi connectivity index (χ3n) is 4.82. The second-order valence-electron chi connectivity index (χ2n) is 6.73. The van der Waals surface area contributed by atoms with Crippen molar-refractivity contribution in [3.63, 3.8) is 0 Å². The molecular weight excluding hydrogens is 418 g/mol. The molecule has 1 fully saturated rings. The Morgan fingerprint density at radius 3 is 2.45 bits per heavy atom. The lowest BCUT2D eigenvalue weighted by Gasteiger charge is -2.34. The second-order valence-corrected chi connectivity index (χ2v) is 9.05. The van der Waals surface area contributed by atoms with Crippen LogP contribution < -0.4 is 4.74 Å². The molecule has 1 saturated heterocycles. The fraction of sp³-hybridized carbons (Fsp3) is 0.368. The lowest BCUT2D eigenvalue weighted by molar-refractivity contribution is -0.385. The average molecular weight is 440 g/mol. The van der Waals surface area contributed by atoms with Gasteiger partial charge in [0.2, 0.25) is 10.0 Å². The van der Waals surface area contributed by atoms with Crippen LogP contribution in [0.1, 0.15) is 5.56 Å². The number of halogens is 1. The number of rotatable bonds is 7. The molecule has 1 aliphatic rings. The predicted octanol–water partition coefficient (Wildman–Crippen LogP) is 2.94. The quantitative estimate of drug-likeness (QED) is 0.486. The van der Waals surface area contributed by atoms with Crippen LogP contribution in [0.15, 0.2) is 47.4 Å². The largest absolute Gasteiger partial charge is 0.491 e. The molecule has 1 aliphatic heterocycles. The molecule has 0 radical (unpaired) electrons. The first kappa shape index (κ1) is 21.5. The molecule has 10 heteroatoms. The molecule has 0 saturated carbocycles. The number of sulfonamides is 1. The van der Waals surface area contributed by atoms with Gasteiger partial charge < -0.3 is 4.74 Å². The fourth-order valence-corrected chi connectivity index (χ4v) is 5.03. The maximum absolute atomic E-state index is 12.9. The summed E-state index contributed by atoms with van der Waals surface area (Å²) in [5.74, 6) is 0.629. The summed E-state index contributed by atoms with van der Waals surface area (Å²) in [6, 6.07) is 11.1. The van der Waals surface area contributed by atoms with E-state index in [1.807, 2.05) is 12.1 Å². The number of para-hydroxylation sites is 1. The van der Waals surface area contributed by atoms with Crippen molar-refractivity contribution in [3.05, 3.63) is 63.2 Å². The van der Waals surface area contributed by atoms with E-state index in [1.165, 1.54) is 22.5 Å². The first-order valence-electron chi connectivity index (χ1n) is 9.14. The minimum absolute atomic E-state index is 0.110. The van der Waals surface area contributed by atoms with Crippen molar-refractivity contribution in [1.29, 1.82) is 0 Å². The molecule has 0 aromatic heterocycles. The Kier molecular flexibility index (Phi) is 6.74. The zero-order valence-electron chi connectivity index (χ0n) is 16.0. The predicted molar refractivity (Wildman–Crippen MR) is 110 cm³/mol. The molecule has 2 aromatic carbocycles. The highest BCUT2D eigenvalue weighted by molar-refractivity contribution is 7.89. The summed E-state index contributed by atoms with van der Waals surface area (Å²) in [4.78, 5) is 12.6. The first-order chi connectivity index (χ1) is 13.8. The lowest BCUT2D eigenvalue weighted by atomic mass is 10.2. The Labute approximate surface area is 174 Å². The van der Waals surface area contributed by atoms with Gasteiger partial charge in [0.15, 0.2) is 0 Å². The SMILES string of the molecule is Cc1cc([N+](=O)[O-])ccc1S(=O)(=O)N1CCN(CCOc2ccccc2Cl)CC1. The Morgan fingerprint density at radius 1 is 1.14 bits per heavy atom. The Morgan fingerprint density at radius 2 is 1.83 bits per heavy atom. The molecule has 2 aromatic rings. The number of hydrogen-bond acceptors (Lipinski definition) is 6. The fourth-order valence-electron chi connectivity index (χ4n) is 3.22. The van der Waals surface area contributed by atoms with E-state index in [2.05, 4.69) is 4.90 Å². The van der Waals surface area contributed by atoms with E-state index in [9.17, 15) is 18.5 Å². The molecule has 1 heterocycles. The van der Waals surface area contributed by atoms with E-state index < -0.39 is 14.9 Å². The molecule has 156 valence electrons. The van der Waals surface area contributed by atoms with Crippen molar-refractivity contribution in [2.45, 2.75) is 11.8 Å². The maximum Gasteiger partial charge on any atom is 0.269 e. The molecular formula is C19H22ClN3O5S. The van der Waals surface area contributed by atoms with E-state index in [0.717, 1.165) is 0 Å². The van der Waals surface area contributed by atoms with Crippen molar-refractivity contribution in [2.24, 2.45) is 0 Å². The topological polar surface area (TPSA) is 93.0 Å². The zero-order valence-corrected chi connectivity index (χ0v) is 17.5. The summed E-state index contributed by atoms with van der Waals surface area (Å²) >= 11 is 6.06. The van der Waals surface area contributed by atoms with E-state index >= 15 is 0 Å². The van der Waals surface area contributed by atoms with Crippen LogP contribution in [0.3, 0.4) is 0 Å². The van der Waals surface area contributed by atoms with Crippen LogP contribution in [0.5, 0.6) is 5.75 Å². The third kappa shape index (κ3) is 5.05. The molecule has 0 unspecified atom stereocenters. The van der Waals surface area contributed by atoms with Crippen LogP contribution in [0.25, 0.3) is 0 Å². The molecule has 29 heavy (non-hydrogen) atoms. The molecule has 8 nitrogen and oxygen atoms in total. The van der Waals surface area contributed by atoms with Gasteiger partial charge >= 0.3 is 0 Å². The van der Waals surface area contributed by atoms with E-state index in [0.29, 0.717) is 55.7 Å². The Bertz CT molecular complexity index is 991. The van der Waals surface area contributed by atoms with Crippen LogP contribution in [-0.4, -0.2) is 61.9 Å². The van der Waals surface area contributed by atoms with Gasteiger partial charge in [-0.15, -0.1) is 0 Å². The van der Waals surface area contributed by atoms with Gasteiger partial charge in [0.05, 0.1) is 14.8 Å². The standard InChI is InChI=1S/C19H22ClN3O5S/c1-15-14-16(23(24)25)6-7-19(15)29(26,27)22-10-8-21(9-11-22)12-13-28-18-5-3-2-4-17(18)20/h2-7,14H,8-13H2,1H3. The van der Waals surface area contributed by atoms with Gasteiger partial charge in [0.1, 0.15) is 12.4 Å². The van der Waals surface area contributed by atoms with Gasteiger partial charge in [-0.3, -0.25) is 15.0 Å². The van der Waals surface area contributed by atoms with Gasteiger partial charge in [-0.25, -0.2) is 8.42 Å². The number of nitrogens with zero attached hydrogens (tertiary/aromatic N) is 3. The number of nitro groups is 1. The van der Waals surface area contributed by atoms with Gasteiger partial charge in [-0.2, -0.15) is 4.31 Å². The van der Waals surface area contributed by atoms with Crippen molar-refractivity contribution in [1.82, 2.24) is 9.21 Å². The van der Waals surface area contributed by atoms with Gasteiger partial charge in [-0.1, -0.05) is 23.7 Å². The van der Waals surface area contributed by atoms with Crippen molar-refractivity contribution in [3.8, 4) is 5.75 Å². The minimum atomic E-state index is -3.69. The number of piperazine rings is 1. The highest BCUT2D eigenvalue weighted by Crippen LogP contribution is 2.25. The zero-order chi connectivity index (χ0) is 21.0. The average Bonchev–Trinajstić information content (AvgIpc) is 2.69. The van der Waals surface area contributed by atoms with Crippen molar-refractivity contribution in [2.75, 3.05) is 39.3 Å². The number of hydrogen-bond donors (Lipinski definition) is 0. The second kappa shape index (κ2) is 9.08. The smallest absolute Gasteiger partial charge is 0.269 e. The highest BCUT2D eigenvalue weighted by atomic mass is 35.5. The van der Waals surface area contributed by atoms with Crippen LogP contribution in [-0.2, 0) is 10.0 Å². The third-order valence-corrected chi connectivity index (χ3v) is 7.19. The Hall–Kier alpha value is -2.20. The summed E-state index contributed by atoms with van der Waals surface area (Å²) in [5, 5.41) is 11.4. The number of ether oxygens (including phenoxy) is 1. The van der Waals surface area contributed by atoms with Gasteiger partial charge in [-0.05, 0) is 30.7 Å². The number of aryl methyl sites for hydroxylation is 1. The van der Waals surface area contributed by atoms with Crippen LogP contribution >= 0.6 is 11.6 Å². The number of non-ortho nitro benzene ring substituents is 1. The van der Waals surface area contributed by atoms with Crippen LogP contribution in [0.2, 0.25) is 5.02 Å². The number of benzene rings is 2. The van der Waals surface area contributed by atoms with Crippen LogP contribution in [0.4, 0.5) is 5.69 Å².